The molecule has 0 aliphatic heterocycles. The van der Waals surface area contributed by atoms with E-state index in [1.165, 1.54) is 4.90 Å². The van der Waals surface area contributed by atoms with E-state index >= 15 is 0 Å². The molecule has 0 aliphatic rings. The Morgan fingerprint density at radius 2 is 1.49 bits per heavy atom. The fourth-order valence-corrected chi connectivity index (χ4v) is 4.92. The molecule has 4 rings (SSSR count). The van der Waals surface area contributed by atoms with Crippen LogP contribution in [0.1, 0.15) is 24.0 Å². The van der Waals surface area contributed by atoms with Crippen LogP contribution in [0.2, 0.25) is 0 Å². The molecule has 1 aromatic heterocycles. The maximum absolute atomic E-state index is 13.6. The molecule has 0 saturated heterocycles. The molecule has 41 heavy (non-hydrogen) atoms. The predicted molar refractivity (Wildman–Crippen MR) is 162 cm³/mol. The summed E-state index contributed by atoms with van der Waals surface area (Å²) in [6.07, 6.45) is 2.56. The Balaban J connectivity index is 1.48. The van der Waals surface area contributed by atoms with E-state index in [0.29, 0.717) is 25.9 Å². The molecule has 3 aromatic carbocycles. The van der Waals surface area contributed by atoms with Gasteiger partial charge in [0.25, 0.3) is 0 Å². The van der Waals surface area contributed by atoms with Crippen LogP contribution in [-0.2, 0) is 27.2 Å². The Bertz CT molecular complexity index is 1500. The second-order valence-electron chi connectivity index (χ2n) is 10.2. The molecule has 0 aliphatic carbocycles. The summed E-state index contributed by atoms with van der Waals surface area (Å²) >= 11 is 0. The highest BCUT2D eigenvalue weighted by atomic mass is 16.2. The number of hydrogen-bond donors (Lipinski definition) is 4. The van der Waals surface area contributed by atoms with E-state index < -0.39 is 18.0 Å². The number of Topliss-reactive ketones (excluding diaryl/α,β-unsaturated/α-hetero) is 1. The van der Waals surface area contributed by atoms with Crippen molar-refractivity contribution in [2.24, 2.45) is 17.2 Å². The first-order valence-electron chi connectivity index (χ1n) is 14.0. The predicted octanol–water partition coefficient (Wildman–Crippen LogP) is 2.08. The van der Waals surface area contributed by atoms with Gasteiger partial charge >= 0.3 is 0 Å². The summed E-state index contributed by atoms with van der Waals surface area (Å²) < 4.78 is 0. The van der Waals surface area contributed by atoms with Crippen LogP contribution < -0.4 is 22.5 Å². The average Bonchev–Trinajstić information content (AvgIpc) is 2.98. The quantitative estimate of drug-likeness (QED) is 0.186. The molecule has 0 spiro atoms. The SMILES string of the molecule is NCCN(CCN)C(=O)C[C@H](N)C(=O)N[C@@H](CCc1ccc2ccccc2c1)C(=O)Cc1cnc2ccccc2c1. The number of nitrogens with two attached hydrogens (primary N) is 3. The monoisotopic (exact) mass is 554 g/mol. The highest BCUT2D eigenvalue weighted by Crippen LogP contribution is 2.18. The lowest BCUT2D eigenvalue weighted by molar-refractivity contribution is -0.134. The van der Waals surface area contributed by atoms with Gasteiger partial charge in [0.15, 0.2) is 5.78 Å². The first kappa shape index (κ1) is 29.8. The van der Waals surface area contributed by atoms with Gasteiger partial charge in [0, 0.05) is 44.2 Å². The van der Waals surface area contributed by atoms with Crippen LogP contribution in [0.15, 0.2) is 79.0 Å². The topological polar surface area (TPSA) is 157 Å². The molecule has 2 atom stereocenters. The molecule has 7 N–H and O–H groups in total. The number of fused-ring (bicyclic) bond motifs is 2. The molecule has 0 fully saturated rings. The summed E-state index contributed by atoms with van der Waals surface area (Å²) in [5.74, 6) is -1.00. The second-order valence-corrected chi connectivity index (χ2v) is 10.2. The van der Waals surface area contributed by atoms with Gasteiger partial charge in [0.2, 0.25) is 11.8 Å². The van der Waals surface area contributed by atoms with Crippen molar-refractivity contribution in [1.82, 2.24) is 15.2 Å². The van der Waals surface area contributed by atoms with Crippen molar-refractivity contribution in [3.8, 4) is 0 Å². The Morgan fingerprint density at radius 3 is 2.22 bits per heavy atom. The van der Waals surface area contributed by atoms with Crippen molar-refractivity contribution >= 4 is 39.3 Å². The third-order valence-electron chi connectivity index (χ3n) is 7.15. The molecule has 0 bridgehead atoms. The van der Waals surface area contributed by atoms with Crippen molar-refractivity contribution in [2.75, 3.05) is 26.2 Å². The van der Waals surface area contributed by atoms with E-state index in [0.717, 1.165) is 32.8 Å². The third-order valence-corrected chi connectivity index (χ3v) is 7.15. The third kappa shape index (κ3) is 8.17. The number of carbonyl (C=O) groups is 3. The molecule has 1 heterocycles. The zero-order chi connectivity index (χ0) is 29.2. The van der Waals surface area contributed by atoms with Gasteiger partial charge in [-0.15, -0.1) is 0 Å². The van der Waals surface area contributed by atoms with Gasteiger partial charge in [-0.05, 0) is 46.9 Å². The highest BCUT2D eigenvalue weighted by Gasteiger charge is 2.26. The molecule has 4 aromatic rings. The number of pyridine rings is 1. The number of benzene rings is 3. The van der Waals surface area contributed by atoms with Gasteiger partial charge in [0.1, 0.15) is 0 Å². The molecule has 214 valence electrons. The standard InChI is InChI=1S/C32H38N6O3/c33-13-15-38(16-14-34)31(40)20-27(35)32(41)37-29(12-10-22-9-11-24-5-1-2-6-25(24)17-22)30(39)19-23-18-26-7-3-4-8-28(26)36-21-23/h1-9,11,17-18,21,27,29H,10,12-16,19-20,33-35H2,(H,37,41)/t27-,29-/m0/s1. The molecular formula is C32H38N6O3. The lowest BCUT2D eigenvalue weighted by Gasteiger charge is -2.24. The number of aryl methyl sites for hydroxylation is 1. The van der Waals surface area contributed by atoms with Crippen molar-refractivity contribution in [3.05, 3.63) is 90.1 Å². The summed E-state index contributed by atoms with van der Waals surface area (Å²) in [4.78, 5) is 45.4. The van der Waals surface area contributed by atoms with Gasteiger partial charge in [-0.25, -0.2) is 0 Å². The average molecular weight is 555 g/mol. The zero-order valence-corrected chi connectivity index (χ0v) is 23.2. The molecule has 9 nitrogen and oxygen atoms in total. The second kappa shape index (κ2) is 14.5. The Labute approximate surface area is 240 Å². The number of rotatable bonds is 14. The summed E-state index contributed by atoms with van der Waals surface area (Å²) in [5, 5.41) is 6.02. The van der Waals surface area contributed by atoms with Crippen molar-refractivity contribution in [1.29, 1.82) is 0 Å². The van der Waals surface area contributed by atoms with Gasteiger partial charge in [-0.1, -0.05) is 60.7 Å². The summed E-state index contributed by atoms with van der Waals surface area (Å²) in [5.41, 5.74) is 20.0. The summed E-state index contributed by atoms with van der Waals surface area (Å²) in [7, 11) is 0. The highest BCUT2D eigenvalue weighted by molar-refractivity contribution is 5.94. The van der Waals surface area contributed by atoms with Gasteiger partial charge in [-0.2, -0.15) is 0 Å². The number of amides is 2. The van der Waals surface area contributed by atoms with E-state index in [2.05, 4.69) is 22.4 Å². The van der Waals surface area contributed by atoms with Crippen LogP contribution in [0.25, 0.3) is 21.7 Å². The van der Waals surface area contributed by atoms with Crippen molar-refractivity contribution in [3.63, 3.8) is 0 Å². The first-order valence-corrected chi connectivity index (χ1v) is 14.0. The van der Waals surface area contributed by atoms with Crippen LogP contribution in [0.4, 0.5) is 0 Å². The van der Waals surface area contributed by atoms with Crippen LogP contribution >= 0.6 is 0 Å². The summed E-state index contributed by atoms with van der Waals surface area (Å²) in [6.45, 7) is 1.22. The fraction of sp³-hybridized carbons (Fsp3) is 0.312. The number of hydrogen-bond acceptors (Lipinski definition) is 7. The van der Waals surface area contributed by atoms with Crippen LogP contribution in [0.3, 0.4) is 0 Å². The molecule has 0 unspecified atom stereocenters. The normalized spacial score (nSPS) is 12.7. The first-order chi connectivity index (χ1) is 19.9. The number of nitrogens with one attached hydrogen (secondary N) is 1. The van der Waals surface area contributed by atoms with Gasteiger partial charge in [-0.3, -0.25) is 19.4 Å². The van der Waals surface area contributed by atoms with E-state index in [1.54, 1.807) is 6.20 Å². The van der Waals surface area contributed by atoms with Crippen molar-refractivity contribution in [2.45, 2.75) is 37.8 Å². The molecule has 9 heteroatoms. The van der Waals surface area contributed by atoms with E-state index in [9.17, 15) is 14.4 Å². The number of nitrogens with zero attached hydrogens (tertiary/aromatic N) is 2. The molecular weight excluding hydrogens is 516 g/mol. The minimum absolute atomic E-state index is 0.107. The Kier molecular flexibility index (Phi) is 10.5. The van der Waals surface area contributed by atoms with Crippen LogP contribution in [0, 0.1) is 0 Å². The minimum Gasteiger partial charge on any atom is -0.345 e. The minimum atomic E-state index is -1.11. The molecule has 2 amide bonds. The van der Waals surface area contributed by atoms with Crippen molar-refractivity contribution < 1.29 is 14.4 Å². The molecule has 0 saturated carbocycles. The van der Waals surface area contributed by atoms with E-state index in [4.69, 9.17) is 17.2 Å². The Morgan fingerprint density at radius 1 is 0.829 bits per heavy atom. The maximum Gasteiger partial charge on any atom is 0.238 e. The van der Waals surface area contributed by atoms with Gasteiger partial charge < -0.3 is 27.4 Å². The lowest BCUT2D eigenvalue weighted by atomic mass is 9.96. The van der Waals surface area contributed by atoms with Crippen LogP contribution in [-0.4, -0.2) is 65.7 Å². The van der Waals surface area contributed by atoms with Gasteiger partial charge in [0.05, 0.1) is 24.0 Å². The van der Waals surface area contributed by atoms with Crippen LogP contribution in [0.5, 0.6) is 0 Å². The Hall–Kier alpha value is -4.18. The fourth-order valence-electron chi connectivity index (χ4n) is 4.92. The smallest absolute Gasteiger partial charge is 0.238 e. The number of para-hydroxylation sites is 1. The molecule has 0 radical (unpaired) electrons. The van der Waals surface area contributed by atoms with E-state index in [1.807, 2.05) is 60.7 Å². The number of ketones is 1. The number of aromatic nitrogens is 1. The summed E-state index contributed by atoms with van der Waals surface area (Å²) in [6, 6.07) is 22.0. The lowest BCUT2D eigenvalue weighted by Crippen LogP contribution is -2.51. The van der Waals surface area contributed by atoms with E-state index in [-0.39, 0.29) is 37.6 Å². The largest absolute Gasteiger partial charge is 0.345 e. The number of carbonyl (C=O) groups excluding carboxylic acids is 3. The zero-order valence-electron chi connectivity index (χ0n) is 23.2. The maximum atomic E-state index is 13.6.